The number of nitrogens with zero attached hydrogens (tertiary/aromatic N) is 1. The van der Waals surface area contributed by atoms with Crippen LogP contribution in [-0.2, 0) is 26.2 Å². The Balaban J connectivity index is 1.57. The lowest BCUT2D eigenvalue weighted by Gasteiger charge is -2.46. The van der Waals surface area contributed by atoms with Crippen LogP contribution in [0.15, 0.2) is 29.2 Å². The van der Waals surface area contributed by atoms with E-state index in [9.17, 15) is 20.6 Å². The lowest BCUT2D eigenvalue weighted by Crippen LogP contribution is -2.37. The molecule has 1 aromatic carbocycles. The van der Waals surface area contributed by atoms with Gasteiger partial charge in [0, 0.05) is 62.0 Å². The van der Waals surface area contributed by atoms with E-state index in [0.29, 0.717) is 51.3 Å². The Bertz CT molecular complexity index is 1280. The summed E-state index contributed by atoms with van der Waals surface area (Å²) in [5, 5.41) is 11.5. The topological polar surface area (TPSA) is 60.8 Å². The smallest absolute Gasteiger partial charge is 0.184 e. The summed E-state index contributed by atoms with van der Waals surface area (Å²) in [6.07, 6.45) is 2.36. The van der Waals surface area contributed by atoms with Gasteiger partial charge in [-0.1, -0.05) is 26.0 Å². The summed E-state index contributed by atoms with van der Waals surface area (Å²) in [6.45, 7) is 6.44. The van der Waals surface area contributed by atoms with Crippen molar-refractivity contribution in [3.63, 3.8) is 0 Å². The van der Waals surface area contributed by atoms with Gasteiger partial charge in [0.05, 0.1) is 28.6 Å². The molecule has 0 radical (unpaired) electrons. The Morgan fingerprint density at radius 2 is 1.54 bits per heavy atom. The van der Waals surface area contributed by atoms with Crippen molar-refractivity contribution >= 4 is 9.84 Å². The van der Waals surface area contributed by atoms with Crippen molar-refractivity contribution in [1.82, 2.24) is 4.98 Å². The maximum Gasteiger partial charge on any atom is 0.184 e. The quantitative estimate of drug-likeness (QED) is 0.387. The predicted molar refractivity (Wildman–Crippen MR) is 141 cm³/mol. The molecule has 5 nitrogen and oxygen atoms in total. The van der Waals surface area contributed by atoms with E-state index in [-0.39, 0.29) is 17.6 Å². The molecule has 2 aromatic rings. The Kier molecular flexibility index (Phi) is 5.92. The largest absolute Gasteiger partial charge is 0.388 e. The third-order valence-corrected chi connectivity index (χ3v) is 10.3. The Morgan fingerprint density at radius 1 is 0.923 bits per heavy atom. The van der Waals surface area contributed by atoms with Crippen molar-refractivity contribution in [2.75, 3.05) is 32.7 Å². The van der Waals surface area contributed by atoms with Crippen LogP contribution < -0.4 is 0 Å². The van der Waals surface area contributed by atoms with Crippen LogP contribution in [0.5, 0.6) is 0 Å². The molecule has 2 saturated heterocycles. The van der Waals surface area contributed by atoms with Gasteiger partial charge in [0.15, 0.2) is 9.84 Å². The number of aromatic nitrogens is 1. The second kappa shape index (κ2) is 8.41. The number of benzene rings is 1. The number of ether oxygens (including phenoxy) is 3. The zero-order chi connectivity index (χ0) is 27.9. The number of hydrogen-bond acceptors (Lipinski definition) is 5. The van der Waals surface area contributed by atoms with E-state index in [1.807, 2.05) is 0 Å². The second-order valence-electron chi connectivity index (χ2n) is 12.7. The van der Waals surface area contributed by atoms with Gasteiger partial charge in [0.2, 0.25) is 0 Å². The average Bonchev–Trinajstić information content (AvgIpc) is 3.16. The molecule has 2 atom stereocenters. The normalized spacial score (nSPS) is 28.4. The summed E-state index contributed by atoms with van der Waals surface area (Å²) in [4.78, 5) is 3.97. The highest BCUT2D eigenvalue weighted by atomic mass is 32.5. The van der Waals surface area contributed by atoms with Gasteiger partial charge in [-0.3, -0.25) is 4.98 Å². The number of hydrogen-bond donors (Lipinski definition) is 1. The summed E-state index contributed by atoms with van der Waals surface area (Å²) in [6, 6.07) is 4.31. The zero-order valence-corrected chi connectivity index (χ0v) is 23.5. The fourth-order valence-corrected chi connectivity index (χ4v) is 7.82. The van der Waals surface area contributed by atoms with Gasteiger partial charge in [-0.05, 0) is 54.4 Å². The van der Waals surface area contributed by atoms with E-state index in [4.69, 9.17) is 19.2 Å². The Hall–Kier alpha value is -1.72. The third-order valence-electron chi connectivity index (χ3n) is 8.85. The molecule has 1 aromatic heterocycles. The summed E-state index contributed by atoms with van der Waals surface area (Å²) < 4.78 is 74.8. The molecular formula is C29H37F4NO4S. The van der Waals surface area contributed by atoms with Crippen LogP contribution in [0, 0.1) is 5.41 Å². The molecule has 0 amide bonds. The first kappa shape index (κ1) is 27.4. The highest BCUT2D eigenvalue weighted by molar-refractivity contribution is 8.49. The Labute approximate surface area is 226 Å². The van der Waals surface area contributed by atoms with E-state index in [2.05, 4.69) is 13.8 Å². The minimum absolute atomic E-state index is 0.106. The predicted octanol–water partition coefficient (Wildman–Crippen LogP) is 7.51. The standard InChI is InChI=1S/C29H37F4NO4S/c1-28(2)16-21-23(22(35)17-28)25-24(26(34-21)18-8-12-36-13-9-18)27(38-29(25)10-14-37-15-11-29)19-4-6-20(7-5-19)39(3,30,31,32)33/h4-7,18,22,27,35H,8-17H2,1-3H3. The minimum Gasteiger partial charge on any atom is -0.388 e. The molecule has 4 heterocycles. The second-order valence-corrected chi connectivity index (χ2v) is 16.2. The minimum atomic E-state index is -8.32. The summed E-state index contributed by atoms with van der Waals surface area (Å²) >= 11 is 0. The molecule has 6 rings (SSSR count). The van der Waals surface area contributed by atoms with Crippen LogP contribution in [0.25, 0.3) is 0 Å². The highest BCUT2D eigenvalue weighted by Gasteiger charge is 2.59. The van der Waals surface area contributed by atoms with E-state index >= 15 is 0 Å². The SMILES string of the molecule is CC1(C)Cc2nc(C3CCOCC3)c3c(c2C(O)C1)C1(CCOCC1)OC3c1ccc(S(C)(F)(F)(F)F)cc1. The number of pyridine rings is 1. The van der Waals surface area contributed by atoms with Crippen molar-refractivity contribution in [3.05, 3.63) is 57.9 Å². The molecule has 0 saturated carbocycles. The van der Waals surface area contributed by atoms with Gasteiger partial charge >= 0.3 is 0 Å². The lowest BCUT2D eigenvalue weighted by atomic mass is 9.69. The van der Waals surface area contributed by atoms with Crippen LogP contribution in [0.1, 0.15) is 97.7 Å². The molecule has 0 bridgehead atoms. The zero-order valence-electron chi connectivity index (χ0n) is 22.7. The summed E-state index contributed by atoms with van der Waals surface area (Å²) in [5.74, 6) is 0.106. The molecule has 2 unspecified atom stereocenters. The van der Waals surface area contributed by atoms with Crippen molar-refractivity contribution in [2.24, 2.45) is 5.41 Å². The van der Waals surface area contributed by atoms with E-state index in [1.165, 1.54) is 12.1 Å². The van der Waals surface area contributed by atoms with Crippen molar-refractivity contribution in [1.29, 1.82) is 0 Å². The van der Waals surface area contributed by atoms with Gasteiger partial charge in [0.25, 0.3) is 0 Å². The first-order valence-electron chi connectivity index (χ1n) is 13.7. The molecule has 4 aliphatic rings. The number of aliphatic hydroxyl groups excluding tert-OH is 1. The summed E-state index contributed by atoms with van der Waals surface area (Å²) in [5.41, 5.74) is 4.06. The first-order chi connectivity index (χ1) is 18.1. The molecule has 1 aliphatic carbocycles. The van der Waals surface area contributed by atoms with Gasteiger partial charge < -0.3 is 19.3 Å². The van der Waals surface area contributed by atoms with Crippen molar-refractivity contribution in [3.8, 4) is 0 Å². The monoisotopic (exact) mass is 571 g/mol. The maximum atomic E-state index is 14.2. The van der Waals surface area contributed by atoms with Crippen LogP contribution in [0.4, 0.5) is 15.5 Å². The first-order valence-corrected chi connectivity index (χ1v) is 16.2. The van der Waals surface area contributed by atoms with Gasteiger partial charge in [0.1, 0.15) is 6.10 Å². The molecule has 1 spiro atoms. The fraction of sp³-hybridized carbons (Fsp3) is 0.621. The molecule has 3 aliphatic heterocycles. The molecule has 10 heteroatoms. The average molecular weight is 572 g/mol. The van der Waals surface area contributed by atoms with Gasteiger partial charge in [-0.25, -0.2) is 0 Å². The molecule has 216 valence electrons. The summed E-state index contributed by atoms with van der Waals surface area (Å²) in [7, 11) is -8.32. The van der Waals surface area contributed by atoms with Crippen LogP contribution in [-0.4, -0.2) is 42.8 Å². The third kappa shape index (κ3) is 4.90. The highest BCUT2D eigenvalue weighted by Crippen LogP contribution is 2.98. The van der Waals surface area contributed by atoms with E-state index in [1.54, 1.807) is 0 Å². The van der Waals surface area contributed by atoms with Crippen LogP contribution in [0.3, 0.4) is 0 Å². The molecule has 2 fully saturated rings. The maximum absolute atomic E-state index is 14.2. The van der Waals surface area contributed by atoms with Crippen molar-refractivity contribution < 1.29 is 34.9 Å². The number of halogens is 4. The van der Waals surface area contributed by atoms with Crippen LogP contribution >= 0.6 is 9.84 Å². The van der Waals surface area contributed by atoms with E-state index < -0.39 is 32.5 Å². The molecule has 39 heavy (non-hydrogen) atoms. The lowest BCUT2D eigenvalue weighted by molar-refractivity contribution is -0.122. The number of rotatable bonds is 3. The van der Waals surface area contributed by atoms with E-state index in [0.717, 1.165) is 59.5 Å². The fourth-order valence-electron chi connectivity index (χ4n) is 7.00. The molecular weight excluding hydrogens is 534 g/mol. The van der Waals surface area contributed by atoms with Crippen molar-refractivity contribution in [2.45, 2.75) is 81.0 Å². The van der Waals surface area contributed by atoms with Gasteiger partial charge in [-0.2, -0.15) is 0 Å². The number of aliphatic hydroxyl groups is 1. The molecule has 1 N–H and O–H groups in total. The van der Waals surface area contributed by atoms with Gasteiger partial charge in [-0.15, -0.1) is 15.5 Å². The number of fused-ring (bicyclic) bond motifs is 4. The Morgan fingerprint density at radius 3 is 2.15 bits per heavy atom. The van der Waals surface area contributed by atoms with Crippen LogP contribution in [0.2, 0.25) is 0 Å².